The number of nitrogens with zero attached hydrogens (tertiary/aromatic N) is 3. The fraction of sp³-hybridized carbons (Fsp3) is 0.562. The Hall–Kier alpha value is -1.69. The number of rotatable bonds is 6. The molecule has 0 saturated carbocycles. The standard InChI is InChI=1S/C16H24N4OS/c1-6-14(16-17-12(4)13(5)22-16)18-15(21)7-8-20-11(3)9-10(2)19-20/h9,14H,6-8H2,1-5H3,(H,18,21)/t14-/m0/s1. The Morgan fingerprint density at radius 2 is 2.09 bits per heavy atom. The molecule has 0 fully saturated rings. The average Bonchev–Trinajstić information content (AvgIpc) is 2.96. The van der Waals surface area contributed by atoms with E-state index < -0.39 is 0 Å². The molecule has 1 atom stereocenters. The van der Waals surface area contributed by atoms with E-state index >= 15 is 0 Å². The topological polar surface area (TPSA) is 59.8 Å². The molecule has 120 valence electrons. The molecule has 0 aromatic carbocycles. The van der Waals surface area contributed by atoms with Crippen LogP contribution in [0.3, 0.4) is 0 Å². The van der Waals surface area contributed by atoms with Crippen LogP contribution in [0.4, 0.5) is 0 Å². The van der Waals surface area contributed by atoms with Gasteiger partial charge in [-0.3, -0.25) is 9.48 Å². The second kappa shape index (κ2) is 7.05. The largest absolute Gasteiger partial charge is 0.347 e. The lowest BCUT2D eigenvalue weighted by Gasteiger charge is -2.14. The van der Waals surface area contributed by atoms with Crippen LogP contribution < -0.4 is 5.32 Å². The fourth-order valence-electron chi connectivity index (χ4n) is 2.36. The van der Waals surface area contributed by atoms with Gasteiger partial charge in [0.1, 0.15) is 5.01 Å². The Labute approximate surface area is 135 Å². The normalized spacial score (nSPS) is 12.4. The molecule has 1 amide bonds. The highest BCUT2D eigenvalue weighted by Gasteiger charge is 2.17. The maximum absolute atomic E-state index is 12.2. The first-order valence-corrected chi connectivity index (χ1v) is 8.46. The monoisotopic (exact) mass is 320 g/mol. The molecular weight excluding hydrogens is 296 g/mol. The van der Waals surface area contributed by atoms with Crippen molar-refractivity contribution >= 4 is 17.2 Å². The molecule has 0 aliphatic rings. The molecule has 0 aliphatic carbocycles. The molecule has 5 nitrogen and oxygen atoms in total. The minimum absolute atomic E-state index is 0.00496. The molecule has 1 N–H and O–H groups in total. The van der Waals surface area contributed by atoms with Crippen LogP contribution in [0.25, 0.3) is 0 Å². The first-order chi connectivity index (χ1) is 10.4. The number of amides is 1. The molecule has 2 rings (SSSR count). The first kappa shape index (κ1) is 16.7. The zero-order chi connectivity index (χ0) is 16.3. The van der Waals surface area contributed by atoms with E-state index in [2.05, 4.69) is 29.2 Å². The summed E-state index contributed by atoms with van der Waals surface area (Å²) in [5.74, 6) is 0.0462. The van der Waals surface area contributed by atoms with E-state index in [-0.39, 0.29) is 11.9 Å². The molecule has 0 aliphatic heterocycles. The molecular formula is C16H24N4OS. The Balaban J connectivity index is 1.93. The average molecular weight is 320 g/mol. The molecule has 0 saturated heterocycles. The maximum atomic E-state index is 12.2. The molecule has 0 spiro atoms. The zero-order valence-electron chi connectivity index (χ0n) is 13.9. The van der Waals surface area contributed by atoms with Gasteiger partial charge in [0.15, 0.2) is 0 Å². The van der Waals surface area contributed by atoms with Crippen LogP contribution in [0.15, 0.2) is 6.07 Å². The van der Waals surface area contributed by atoms with Gasteiger partial charge >= 0.3 is 0 Å². The van der Waals surface area contributed by atoms with Crippen LogP contribution >= 0.6 is 11.3 Å². The third kappa shape index (κ3) is 3.94. The Kier molecular flexibility index (Phi) is 5.34. The molecule has 22 heavy (non-hydrogen) atoms. The Morgan fingerprint density at radius 3 is 2.59 bits per heavy atom. The van der Waals surface area contributed by atoms with Gasteiger partial charge in [-0.25, -0.2) is 4.98 Å². The van der Waals surface area contributed by atoms with Gasteiger partial charge < -0.3 is 5.32 Å². The van der Waals surface area contributed by atoms with Crippen LogP contribution in [-0.4, -0.2) is 20.7 Å². The minimum Gasteiger partial charge on any atom is -0.347 e. The zero-order valence-corrected chi connectivity index (χ0v) is 14.8. The summed E-state index contributed by atoms with van der Waals surface area (Å²) in [5.41, 5.74) is 3.12. The number of aromatic nitrogens is 3. The molecule has 6 heteroatoms. The van der Waals surface area contributed by atoms with Crippen molar-refractivity contribution in [2.24, 2.45) is 0 Å². The van der Waals surface area contributed by atoms with Gasteiger partial charge in [0, 0.05) is 23.5 Å². The minimum atomic E-state index is 0.00496. The molecule has 2 heterocycles. The summed E-state index contributed by atoms with van der Waals surface area (Å²) >= 11 is 1.67. The Morgan fingerprint density at radius 1 is 1.36 bits per heavy atom. The second-order valence-electron chi connectivity index (χ2n) is 5.62. The van der Waals surface area contributed by atoms with Gasteiger partial charge in [-0.1, -0.05) is 6.92 Å². The van der Waals surface area contributed by atoms with E-state index in [4.69, 9.17) is 0 Å². The van der Waals surface area contributed by atoms with Crippen LogP contribution in [0, 0.1) is 27.7 Å². The van der Waals surface area contributed by atoms with E-state index in [1.807, 2.05) is 31.5 Å². The molecule has 0 unspecified atom stereocenters. The number of carbonyl (C=O) groups excluding carboxylic acids is 1. The van der Waals surface area contributed by atoms with Crippen LogP contribution in [0.2, 0.25) is 0 Å². The van der Waals surface area contributed by atoms with Gasteiger partial charge in [-0.2, -0.15) is 5.10 Å². The molecule has 2 aromatic rings. The van der Waals surface area contributed by atoms with Crippen molar-refractivity contribution in [2.75, 3.05) is 0 Å². The summed E-state index contributed by atoms with van der Waals surface area (Å²) in [6, 6.07) is 2.03. The van der Waals surface area contributed by atoms with Crippen molar-refractivity contribution in [1.82, 2.24) is 20.1 Å². The van der Waals surface area contributed by atoms with Gasteiger partial charge in [0.2, 0.25) is 5.91 Å². The van der Waals surface area contributed by atoms with Crippen molar-refractivity contribution < 1.29 is 4.79 Å². The summed E-state index contributed by atoms with van der Waals surface area (Å²) < 4.78 is 1.88. The predicted molar refractivity (Wildman–Crippen MR) is 89.1 cm³/mol. The lowest BCUT2D eigenvalue weighted by molar-refractivity contribution is -0.122. The van der Waals surface area contributed by atoms with E-state index in [0.29, 0.717) is 13.0 Å². The van der Waals surface area contributed by atoms with Crippen molar-refractivity contribution in [2.45, 2.75) is 60.0 Å². The quantitative estimate of drug-likeness (QED) is 0.889. The maximum Gasteiger partial charge on any atom is 0.222 e. The number of thiazole rings is 1. The number of aryl methyl sites for hydroxylation is 5. The molecule has 2 aromatic heterocycles. The summed E-state index contributed by atoms with van der Waals surface area (Å²) in [4.78, 5) is 18.0. The van der Waals surface area contributed by atoms with Gasteiger partial charge in [0.25, 0.3) is 0 Å². The van der Waals surface area contributed by atoms with Crippen molar-refractivity contribution in [3.63, 3.8) is 0 Å². The number of hydrogen-bond acceptors (Lipinski definition) is 4. The lowest BCUT2D eigenvalue weighted by Crippen LogP contribution is -2.29. The van der Waals surface area contributed by atoms with Crippen LogP contribution in [0.1, 0.15) is 52.8 Å². The fourth-order valence-corrected chi connectivity index (χ4v) is 3.42. The van der Waals surface area contributed by atoms with Crippen molar-refractivity contribution in [1.29, 1.82) is 0 Å². The van der Waals surface area contributed by atoms with E-state index in [9.17, 15) is 4.79 Å². The van der Waals surface area contributed by atoms with E-state index in [0.717, 1.165) is 28.5 Å². The van der Waals surface area contributed by atoms with Gasteiger partial charge in [0.05, 0.1) is 17.4 Å². The highest BCUT2D eigenvalue weighted by atomic mass is 32.1. The predicted octanol–water partition coefficient (Wildman–Crippen LogP) is 3.23. The summed E-state index contributed by atoms with van der Waals surface area (Å²) in [6.45, 7) is 10.7. The SMILES string of the molecule is CC[C@H](NC(=O)CCn1nc(C)cc1C)c1nc(C)c(C)s1. The van der Waals surface area contributed by atoms with E-state index in [1.54, 1.807) is 11.3 Å². The first-order valence-electron chi connectivity index (χ1n) is 7.65. The number of hydrogen-bond donors (Lipinski definition) is 1. The third-order valence-corrected chi connectivity index (χ3v) is 4.93. The van der Waals surface area contributed by atoms with Crippen molar-refractivity contribution in [3.05, 3.63) is 33.0 Å². The highest BCUT2D eigenvalue weighted by molar-refractivity contribution is 7.11. The van der Waals surface area contributed by atoms with E-state index in [1.165, 1.54) is 4.88 Å². The molecule has 0 radical (unpaired) electrons. The smallest absolute Gasteiger partial charge is 0.222 e. The third-order valence-electron chi connectivity index (χ3n) is 3.74. The van der Waals surface area contributed by atoms with Gasteiger partial charge in [-0.15, -0.1) is 11.3 Å². The summed E-state index contributed by atoms with van der Waals surface area (Å²) in [5, 5.41) is 8.47. The lowest BCUT2D eigenvalue weighted by atomic mass is 10.2. The number of carbonyl (C=O) groups is 1. The second-order valence-corrected chi connectivity index (χ2v) is 6.86. The summed E-state index contributed by atoms with van der Waals surface area (Å²) in [6.07, 6.45) is 1.28. The van der Waals surface area contributed by atoms with Gasteiger partial charge in [-0.05, 0) is 40.2 Å². The number of nitrogens with one attached hydrogen (secondary N) is 1. The van der Waals surface area contributed by atoms with Crippen LogP contribution in [-0.2, 0) is 11.3 Å². The van der Waals surface area contributed by atoms with Crippen LogP contribution in [0.5, 0.6) is 0 Å². The summed E-state index contributed by atoms with van der Waals surface area (Å²) in [7, 11) is 0. The molecule has 0 bridgehead atoms. The van der Waals surface area contributed by atoms with Crippen molar-refractivity contribution in [3.8, 4) is 0 Å². The highest BCUT2D eigenvalue weighted by Crippen LogP contribution is 2.24. The Bertz CT molecular complexity index is 640.